The summed E-state index contributed by atoms with van der Waals surface area (Å²) in [6.07, 6.45) is 0. The molecule has 10 aromatic rings. The molecule has 0 N–H and O–H groups in total. The monoisotopic (exact) mass is 548 g/mol. The van der Waals surface area contributed by atoms with Gasteiger partial charge in [0.2, 0.25) is 0 Å². The van der Waals surface area contributed by atoms with Crippen molar-refractivity contribution in [3.63, 3.8) is 0 Å². The number of rotatable bonds is 2. The Kier molecular flexibility index (Phi) is 4.45. The van der Waals surface area contributed by atoms with Gasteiger partial charge in [0.05, 0.1) is 27.8 Å². The number of fused-ring (bicyclic) bond motifs is 11. The number of furan rings is 1. The van der Waals surface area contributed by atoms with Crippen LogP contribution in [0.5, 0.6) is 0 Å². The summed E-state index contributed by atoms with van der Waals surface area (Å²) in [4.78, 5) is 0. The first-order chi connectivity index (χ1) is 21.3. The van der Waals surface area contributed by atoms with Crippen molar-refractivity contribution in [2.24, 2.45) is 0 Å². The van der Waals surface area contributed by atoms with Crippen LogP contribution in [0.3, 0.4) is 0 Å². The zero-order valence-corrected chi connectivity index (χ0v) is 23.2. The first-order valence-corrected chi connectivity index (χ1v) is 14.7. The Labute approximate surface area is 246 Å². The van der Waals surface area contributed by atoms with E-state index in [-0.39, 0.29) is 0 Å². The van der Waals surface area contributed by atoms with Crippen molar-refractivity contribution in [1.82, 2.24) is 9.13 Å². The summed E-state index contributed by atoms with van der Waals surface area (Å²) in [5.74, 6) is 0. The normalized spacial score (nSPS) is 12.2. The standard InChI is InChI=1S/C40H24N2O/c1-2-12-26(13-3-1)41-34-18-8-6-15-28(34)32-23-33-30-22-21-25-11-4-5-14-27(25)39(30)42(37(33)24-36(32)41)35-19-10-17-31-29-16-7-9-20-38(29)43-40(31)35/h1-24H. The Balaban J connectivity index is 1.45. The maximum Gasteiger partial charge on any atom is 0.159 e. The molecule has 7 aromatic carbocycles. The molecule has 0 unspecified atom stereocenters. The first-order valence-electron chi connectivity index (χ1n) is 14.7. The predicted molar refractivity (Wildman–Crippen MR) is 180 cm³/mol. The topological polar surface area (TPSA) is 23.0 Å². The third kappa shape index (κ3) is 3.03. The van der Waals surface area contributed by atoms with Crippen LogP contribution in [-0.4, -0.2) is 9.13 Å². The molecule has 43 heavy (non-hydrogen) atoms. The van der Waals surface area contributed by atoms with E-state index in [1.165, 1.54) is 48.9 Å². The van der Waals surface area contributed by atoms with Gasteiger partial charge in [-0.2, -0.15) is 0 Å². The van der Waals surface area contributed by atoms with E-state index in [2.05, 4.69) is 149 Å². The fourth-order valence-electron chi connectivity index (χ4n) is 7.25. The molecule has 0 aliphatic rings. The number of benzene rings is 7. The third-order valence-corrected chi connectivity index (χ3v) is 9.08. The van der Waals surface area contributed by atoms with E-state index in [1.54, 1.807) is 0 Å². The van der Waals surface area contributed by atoms with Crippen LogP contribution in [0.25, 0.3) is 87.7 Å². The Morgan fingerprint density at radius 3 is 2.00 bits per heavy atom. The average molecular weight is 549 g/mol. The van der Waals surface area contributed by atoms with Gasteiger partial charge in [0, 0.05) is 43.4 Å². The Bertz CT molecular complexity index is 2720. The minimum absolute atomic E-state index is 0.902. The molecule has 200 valence electrons. The summed E-state index contributed by atoms with van der Waals surface area (Å²) in [7, 11) is 0. The minimum Gasteiger partial charge on any atom is -0.454 e. The summed E-state index contributed by atoms with van der Waals surface area (Å²) < 4.78 is 11.4. The van der Waals surface area contributed by atoms with E-state index in [9.17, 15) is 0 Å². The molecule has 0 fully saturated rings. The SMILES string of the molecule is c1ccc(-n2c3ccccc3c3cc4c5ccc6ccccc6c5n(-c5cccc6c5oc5ccccc56)c4cc32)cc1. The third-order valence-electron chi connectivity index (χ3n) is 9.08. The molecular weight excluding hydrogens is 524 g/mol. The van der Waals surface area contributed by atoms with Crippen molar-refractivity contribution in [1.29, 1.82) is 0 Å². The lowest BCUT2D eigenvalue weighted by molar-refractivity contribution is 0.666. The zero-order valence-electron chi connectivity index (χ0n) is 23.2. The lowest BCUT2D eigenvalue weighted by Crippen LogP contribution is -1.96. The van der Waals surface area contributed by atoms with E-state index < -0.39 is 0 Å². The van der Waals surface area contributed by atoms with E-state index >= 15 is 0 Å². The van der Waals surface area contributed by atoms with Gasteiger partial charge in [0.15, 0.2) is 5.58 Å². The molecule has 3 aromatic heterocycles. The quantitative estimate of drug-likeness (QED) is 0.211. The molecule has 0 aliphatic heterocycles. The highest BCUT2D eigenvalue weighted by Gasteiger charge is 2.22. The minimum atomic E-state index is 0.902. The van der Waals surface area contributed by atoms with Crippen LogP contribution >= 0.6 is 0 Å². The summed E-state index contributed by atoms with van der Waals surface area (Å²) in [5, 5.41) is 9.69. The van der Waals surface area contributed by atoms with E-state index in [4.69, 9.17) is 4.42 Å². The van der Waals surface area contributed by atoms with Gasteiger partial charge in [-0.15, -0.1) is 0 Å². The first kappa shape index (κ1) is 22.8. The Morgan fingerprint density at radius 2 is 1.09 bits per heavy atom. The molecule has 0 saturated carbocycles. The van der Waals surface area contributed by atoms with Gasteiger partial charge in [0.25, 0.3) is 0 Å². The molecule has 3 heterocycles. The number of hydrogen-bond donors (Lipinski definition) is 0. The second kappa shape index (κ2) is 8.37. The second-order valence-corrected chi connectivity index (χ2v) is 11.3. The molecule has 0 aliphatic carbocycles. The van der Waals surface area contributed by atoms with Gasteiger partial charge < -0.3 is 13.6 Å². The molecule has 10 rings (SSSR count). The molecule has 3 nitrogen and oxygen atoms in total. The fourth-order valence-corrected chi connectivity index (χ4v) is 7.25. The molecule has 3 heteroatoms. The molecule has 0 saturated heterocycles. The van der Waals surface area contributed by atoms with Gasteiger partial charge in [-0.1, -0.05) is 103 Å². The van der Waals surface area contributed by atoms with Crippen LogP contribution in [0.4, 0.5) is 0 Å². The molecule has 0 atom stereocenters. The largest absolute Gasteiger partial charge is 0.454 e. The highest BCUT2D eigenvalue weighted by atomic mass is 16.3. The highest BCUT2D eigenvalue weighted by molar-refractivity contribution is 6.24. The van der Waals surface area contributed by atoms with Crippen molar-refractivity contribution in [2.45, 2.75) is 0 Å². The predicted octanol–water partition coefficient (Wildman–Crippen LogP) is 10.9. The fraction of sp³-hybridized carbons (Fsp3) is 0. The Morgan fingerprint density at radius 1 is 0.395 bits per heavy atom. The lowest BCUT2D eigenvalue weighted by atomic mass is 10.0. The van der Waals surface area contributed by atoms with Crippen molar-refractivity contribution in [2.75, 3.05) is 0 Å². The summed E-state index contributed by atoms with van der Waals surface area (Å²) in [6.45, 7) is 0. The van der Waals surface area contributed by atoms with Gasteiger partial charge in [-0.05, 0) is 47.9 Å². The summed E-state index contributed by atoms with van der Waals surface area (Å²) in [6, 6.07) is 52.3. The molecule has 0 bridgehead atoms. The zero-order chi connectivity index (χ0) is 28.1. The number of para-hydroxylation sites is 4. The van der Waals surface area contributed by atoms with Crippen LogP contribution < -0.4 is 0 Å². The van der Waals surface area contributed by atoms with Crippen molar-refractivity contribution >= 4 is 76.3 Å². The summed E-state index contributed by atoms with van der Waals surface area (Å²) in [5.41, 5.74) is 8.76. The summed E-state index contributed by atoms with van der Waals surface area (Å²) >= 11 is 0. The van der Waals surface area contributed by atoms with Gasteiger partial charge in [-0.25, -0.2) is 0 Å². The van der Waals surface area contributed by atoms with Crippen molar-refractivity contribution in [3.8, 4) is 11.4 Å². The molecule has 0 spiro atoms. The average Bonchev–Trinajstić information content (AvgIpc) is 3.72. The Hall–Kier alpha value is -5.80. The van der Waals surface area contributed by atoms with E-state index in [1.807, 2.05) is 6.07 Å². The molecule has 0 radical (unpaired) electrons. The van der Waals surface area contributed by atoms with Crippen LogP contribution in [0.1, 0.15) is 0 Å². The van der Waals surface area contributed by atoms with Crippen molar-refractivity contribution < 1.29 is 4.42 Å². The van der Waals surface area contributed by atoms with Gasteiger partial charge in [0.1, 0.15) is 5.58 Å². The maximum absolute atomic E-state index is 6.62. The van der Waals surface area contributed by atoms with E-state index in [0.29, 0.717) is 0 Å². The van der Waals surface area contributed by atoms with Crippen LogP contribution in [0, 0.1) is 0 Å². The second-order valence-electron chi connectivity index (χ2n) is 11.3. The highest BCUT2D eigenvalue weighted by Crippen LogP contribution is 2.43. The van der Waals surface area contributed by atoms with E-state index in [0.717, 1.165) is 38.8 Å². The number of nitrogens with zero attached hydrogens (tertiary/aromatic N) is 2. The van der Waals surface area contributed by atoms with Crippen LogP contribution in [0.15, 0.2) is 150 Å². The van der Waals surface area contributed by atoms with Gasteiger partial charge >= 0.3 is 0 Å². The smallest absolute Gasteiger partial charge is 0.159 e. The number of hydrogen-bond acceptors (Lipinski definition) is 1. The maximum atomic E-state index is 6.62. The van der Waals surface area contributed by atoms with Crippen LogP contribution in [-0.2, 0) is 0 Å². The number of aromatic nitrogens is 2. The van der Waals surface area contributed by atoms with Crippen LogP contribution in [0.2, 0.25) is 0 Å². The lowest BCUT2D eigenvalue weighted by Gasteiger charge is -2.11. The molecular formula is C40H24N2O. The van der Waals surface area contributed by atoms with Gasteiger partial charge in [-0.3, -0.25) is 0 Å². The van der Waals surface area contributed by atoms with Crippen molar-refractivity contribution in [3.05, 3.63) is 146 Å². The molecule has 0 amide bonds.